The van der Waals surface area contributed by atoms with E-state index in [1.807, 2.05) is 25.2 Å². The van der Waals surface area contributed by atoms with Crippen LogP contribution in [-0.2, 0) is 6.54 Å². The summed E-state index contributed by atoms with van der Waals surface area (Å²) < 4.78 is 10.7. The Labute approximate surface area is 125 Å². The molecule has 2 aromatic heterocycles. The molecular weight excluding hydrogens is 266 g/mol. The molecule has 1 aliphatic heterocycles. The van der Waals surface area contributed by atoms with Gasteiger partial charge < -0.3 is 14.3 Å². The first-order valence-electron chi connectivity index (χ1n) is 7.71. The monoisotopic (exact) mass is 289 g/mol. The molecule has 1 saturated heterocycles. The third-order valence-electron chi connectivity index (χ3n) is 4.22. The largest absolute Gasteiger partial charge is 0.461 e. The number of likely N-dealkylation sites (tertiary alicyclic amines) is 1. The minimum absolute atomic E-state index is 0.707. The molecule has 3 rings (SSSR count). The minimum atomic E-state index is 0.707. The van der Waals surface area contributed by atoms with Crippen molar-refractivity contribution in [2.75, 3.05) is 26.7 Å². The molecule has 0 saturated carbocycles. The molecule has 0 aliphatic carbocycles. The Kier molecular flexibility index (Phi) is 4.72. The third-order valence-corrected chi connectivity index (χ3v) is 4.22. The van der Waals surface area contributed by atoms with Gasteiger partial charge in [0, 0.05) is 12.6 Å². The molecule has 5 heteroatoms. The highest BCUT2D eigenvalue weighted by atomic mass is 16.5. The van der Waals surface area contributed by atoms with Crippen LogP contribution in [0, 0.1) is 5.92 Å². The number of hydrogen-bond donors (Lipinski definition) is 1. The molecular formula is C16H23N3O2. The van der Waals surface area contributed by atoms with E-state index in [9.17, 15) is 0 Å². The van der Waals surface area contributed by atoms with E-state index in [2.05, 4.69) is 15.4 Å². The lowest BCUT2D eigenvalue weighted by Crippen LogP contribution is -2.34. The van der Waals surface area contributed by atoms with E-state index in [0.717, 1.165) is 43.6 Å². The normalized spacial score (nSPS) is 17.4. The van der Waals surface area contributed by atoms with Gasteiger partial charge in [-0.3, -0.25) is 4.90 Å². The first-order chi connectivity index (χ1) is 10.3. The topological polar surface area (TPSA) is 54.4 Å². The molecule has 3 heterocycles. The molecule has 21 heavy (non-hydrogen) atoms. The van der Waals surface area contributed by atoms with Gasteiger partial charge in [0.25, 0.3) is 0 Å². The molecule has 0 aromatic carbocycles. The summed E-state index contributed by atoms with van der Waals surface area (Å²) in [5, 5.41) is 7.39. The van der Waals surface area contributed by atoms with Crippen LogP contribution in [0.2, 0.25) is 0 Å². The summed E-state index contributed by atoms with van der Waals surface area (Å²) in [6.07, 6.45) is 5.50. The fourth-order valence-corrected chi connectivity index (χ4v) is 2.93. The summed E-state index contributed by atoms with van der Waals surface area (Å²) in [5.74, 6) is 2.31. The number of nitrogens with zero attached hydrogens (tertiary/aromatic N) is 2. The van der Waals surface area contributed by atoms with Crippen molar-refractivity contribution in [1.82, 2.24) is 15.4 Å². The highest BCUT2D eigenvalue weighted by molar-refractivity contribution is 5.49. The SMILES string of the molecule is CNCCC1CCN(Cc2cc(-c3ccco3)on2)CC1. The van der Waals surface area contributed by atoms with Crippen LogP contribution in [-0.4, -0.2) is 36.7 Å². The fraction of sp³-hybridized carbons (Fsp3) is 0.562. The van der Waals surface area contributed by atoms with Gasteiger partial charge in [-0.2, -0.15) is 0 Å². The third kappa shape index (κ3) is 3.74. The van der Waals surface area contributed by atoms with Gasteiger partial charge in [-0.25, -0.2) is 0 Å². The summed E-state index contributed by atoms with van der Waals surface area (Å²) >= 11 is 0. The number of furan rings is 1. The maximum atomic E-state index is 5.35. The average molecular weight is 289 g/mol. The highest BCUT2D eigenvalue weighted by Crippen LogP contribution is 2.24. The van der Waals surface area contributed by atoms with Crippen LogP contribution < -0.4 is 5.32 Å². The van der Waals surface area contributed by atoms with E-state index in [1.165, 1.54) is 19.3 Å². The van der Waals surface area contributed by atoms with Gasteiger partial charge in [-0.1, -0.05) is 5.16 Å². The maximum Gasteiger partial charge on any atom is 0.202 e. The predicted molar refractivity (Wildman–Crippen MR) is 80.7 cm³/mol. The molecule has 1 N–H and O–H groups in total. The van der Waals surface area contributed by atoms with Crippen molar-refractivity contribution in [3.63, 3.8) is 0 Å². The van der Waals surface area contributed by atoms with Crippen LogP contribution in [0.5, 0.6) is 0 Å². The summed E-state index contributed by atoms with van der Waals surface area (Å²) in [7, 11) is 2.02. The van der Waals surface area contributed by atoms with Gasteiger partial charge in [0.05, 0.1) is 12.0 Å². The van der Waals surface area contributed by atoms with Gasteiger partial charge in [0.2, 0.25) is 5.76 Å². The molecule has 1 aliphatic rings. The molecule has 0 atom stereocenters. The van der Waals surface area contributed by atoms with Gasteiger partial charge in [-0.15, -0.1) is 0 Å². The van der Waals surface area contributed by atoms with Crippen molar-refractivity contribution in [1.29, 1.82) is 0 Å². The van der Waals surface area contributed by atoms with Crippen LogP contribution in [0.15, 0.2) is 33.4 Å². The van der Waals surface area contributed by atoms with Gasteiger partial charge in [-0.05, 0) is 64.0 Å². The molecule has 0 unspecified atom stereocenters. The lowest BCUT2D eigenvalue weighted by atomic mass is 9.93. The Hall–Kier alpha value is -1.59. The zero-order chi connectivity index (χ0) is 14.5. The first-order valence-corrected chi connectivity index (χ1v) is 7.71. The maximum absolute atomic E-state index is 5.35. The smallest absolute Gasteiger partial charge is 0.202 e. The molecule has 0 spiro atoms. The second kappa shape index (κ2) is 6.91. The standard InChI is InChI=1S/C16H23N3O2/c1-17-7-4-13-5-8-19(9-6-13)12-14-11-16(21-18-14)15-3-2-10-20-15/h2-3,10-11,13,17H,4-9,12H2,1H3. The van der Waals surface area contributed by atoms with Crippen molar-refractivity contribution < 1.29 is 8.94 Å². The van der Waals surface area contributed by atoms with E-state index in [1.54, 1.807) is 6.26 Å². The number of nitrogens with one attached hydrogen (secondary N) is 1. The predicted octanol–water partition coefficient (Wildman–Crippen LogP) is 2.76. The second-order valence-electron chi connectivity index (χ2n) is 5.77. The Morgan fingerprint density at radius 3 is 2.90 bits per heavy atom. The first kappa shape index (κ1) is 14.4. The lowest BCUT2D eigenvalue weighted by molar-refractivity contribution is 0.169. The van der Waals surface area contributed by atoms with Crippen molar-refractivity contribution in [3.05, 3.63) is 30.2 Å². The van der Waals surface area contributed by atoms with Gasteiger partial charge >= 0.3 is 0 Å². The summed E-state index contributed by atoms with van der Waals surface area (Å²) in [4.78, 5) is 2.46. The zero-order valence-corrected chi connectivity index (χ0v) is 12.5. The number of aromatic nitrogens is 1. The van der Waals surface area contributed by atoms with Crippen molar-refractivity contribution in [2.45, 2.75) is 25.8 Å². The molecule has 0 bridgehead atoms. The Balaban J connectivity index is 1.49. The second-order valence-corrected chi connectivity index (χ2v) is 5.77. The van der Waals surface area contributed by atoms with Crippen LogP contribution >= 0.6 is 0 Å². The van der Waals surface area contributed by atoms with Crippen molar-refractivity contribution in [3.8, 4) is 11.5 Å². The highest BCUT2D eigenvalue weighted by Gasteiger charge is 2.20. The fourth-order valence-electron chi connectivity index (χ4n) is 2.93. The Morgan fingerprint density at radius 2 is 2.19 bits per heavy atom. The Bertz CT molecular complexity index is 527. The van der Waals surface area contributed by atoms with Gasteiger partial charge in [0.15, 0.2) is 5.76 Å². The van der Waals surface area contributed by atoms with Crippen LogP contribution in [0.1, 0.15) is 25.0 Å². The lowest BCUT2D eigenvalue weighted by Gasteiger charge is -2.31. The summed E-state index contributed by atoms with van der Waals surface area (Å²) in [6.45, 7) is 4.29. The van der Waals surface area contributed by atoms with Crippen LogP contribution in [0.25, 0.3) is 11.5 Å². The quantitative estimate of drug-likeness (QED) is 0.886. The van der Waals surface area contributed by atoms with E-state index >= 15 is 0 Å². The summed E-state index contributed by atoms with van der Waals surface area (Å²) in [5.41, 5.74) is 0.982. The molecule has 0 radical (unpaired) electrons. The number of rotatable bonds is 6. The average Bonchev–Trinajstić information content (AvgIpc) is 3.17. The molecule has 114 valence electrons. The minimum Gasteiger partial charge on any atom is -0.461 e. The van der Waals surface area contributed by atoms with E-state index in [4.69, 9.17) is 8.94 Å². The van der Waals surface area contributed by atoms with Crippen LogP contribution in [0.3, 0.4) is 0 Å². The molecule has 0 amide bonds. The van der Waals surface area contributed by atoms with E-state index in [-0.39, 0.29) is 0 Å². The Morgan fingerprint density at radius 1 is 1.33 bits per heavy atom. The summed E-state index contributed by atoms with van der Waals surface area (Å²) in [6, 6.07) is 5.72. The zero-order valence-electron chi connectivity index (χ0n) is 12.5. The number of piperidine rings is 1. The van der Waals surface area contributed by atoms with Crippen molar-refractivity contribution >= 4 is 0 Å². The van der Waals surface area contributed by atoms with Crippen LogP contribution in [0.4, 0.5) is 0 Å². The van der Waals surface area contributed by atoms with Gasteiger partial charge in [0.1, 0.15) is 0 Å². The van der Waals surface area contributed by atoms with Crippen molar-refractivity contribution in [2.24, 2.45) is 5.92 Å². The molecule has 2 aromatic rings. The number of hydrogen-bond acceptors (Lipinski definition) is 5. The van der Waals surface area contributed by atoms with E-state index < -0.39 is 0 Å². The molecule has 5 nitrogen and oxygen atoms in total. The molecule has 1 fully saturated rings. The van der Waals surface area contributed by atoms with E-state index in [0.29, 0.717) is 5.76 Å².